The van der Waals surface area contributed by atoms with Crippen LogP contribution in [0.5, 0.6) is 0 Å². The van der Waals surface area contributed by atoms with Crippen LogP contribution in [0.2, 0.25) is 5.02 Å². The highest BCUT2D eigenvalue weighted by molar-refractivity contribution is 6.31. The van der Waals surface area contributed by atoms with E-state index in [1.165, 1.54) is 12.4 Å². The van der Waals surface area contributed by atoms with E-state index in [1.807, 2.05) is 18.4 Å². The fourth-order valence-electron chi connectivity index (χ4n) is 4.93. The van der Waals surface area contributed by atoms with E-state index in [0.29, 0.717) is 23.5 Å². The fraction of sp³-hybridized carbons (Fsp3) is 0.320. The first-order valence-corrected chi connectivity index (χ1v) is 11.5. The molecule has 0 bridgehead atoms. The highest BCUT2D eigenvalue weighted by Gasteiger charge is 2.30. The van der Waals surface area contributed by atoms with Crippen molar-refractivity contribution in [3.05, 3.63) is 81.8 Å². The van der Waals surface area contributed by atoms with Crippen molar-refractivity contribution < 1.29 is 8.78 Å². The van der Waals surface area contributed by atoms with Gasteiger partial charge in [0.2, 0.25) is 0 Å². The maximum atomic E-state index is 15.2. The molecule has 2 aliphatic rings. The number of aryl methyl sites for hydroxylation is 1. The molecular weight excluding hydrogens is 444 g/mol. The molecule has 1 aliphatic heterocycles. The Morgan fingerprint density at radius 2 is 1.82 bits per heavy atom. The Bertz CT molecular complexity index is 1280. The molecule has 0 spiro atoms. The second-order valence-electron chi connectivity index (χ2n) is 8.59. The zero-order valence-electron chi connectivity index (χ0n) is 18.0. The summed E-state index contributed by atoms with van der Waals surface area (Å²) in [6.45, 7) is 0. The van der Waals surface area contributed by atoms with Crippen molar-refractivity contribution >= 4 is 28.7 Å². The van der Waals surface area contributed by atoms with Crippen LogP contribution in [-0.4, -0.2) is 21.2 Å². The molecule has 0 amide bonds. The minimum atomic E-state index is -0.459. The molecule has 0 radical (unpaired) electrons. The van der Waals surface area contributed by atoms with Gasteiger partial charge >= 0.3 is 0 Å². The number of aliphatic imine (C=N–C) groups is 1. The third-order valence-electron chi connectivity index (χ3n) is 6.56. The van der Waals surface area contributed by atoms with Crippen molar-refractivity contribution in [3.8, 4) is 0 Å². The first-order valence-electron chi connectivity index (χ1n) is 11.2. The lowest BCUT2D eigenvalue weighted by Crippen LogP contribution is -2.16. The van der Waals surface area contributed by atoms with Crippen LogP contribution in [0, 0.1) is 11.6 Å². The van der Waals surface area contributed by atoms with Crippen molar-refractivity contribution in [3.63, 3.8) is 0 Å². The predicted molar refractivity (Wildman–Crippen MR) is 126 cm³/mol. The largest absolute Gasteiger partial charge is 0.384 e. The maximum absolute atomic E-state index is 15.2. The van der Waals surface area contributed by atoms with Crippen LogP contribution < -0.4 is 5.73 Å². The summed E-state index contributed by atoms with van der Waals surface area (Å²) in [5, 5.41) is 0.636. The van der Waals surface area contributed by atoms with Gasteiger partial charge in [0.1, 0.15) is 11.6 Å². The summed E-state index contributed by atoms with van der Waals surface area (Å²) in [6.07, 6.45) is 12.9. The van der Waals surface area contributed by atoms with Crippen molar-refractivity contribution in [1.29, 1.82) is 0 Å². The Labute approximate surface area is 195 Å². The molecule has 5 rings (SSSR count). The van der Waals surface area contributed by atoms with Gasteiger partial charge in [-0.15, -0.1) is 0 Å². The Morgan fingerprint density at radius 3 is 2.64 bits per heavy atom. The zero-order chi connectivity index (χ0) is 22.9. The van der Waals surface area contributed by atoms with Gasteiger partial charge in [0.25, 0.3) is 0 Å². The summed E-state index contributed by atoms with van der Waals surface area (Å²) in [7, 11) is 0. The van der Waals surface area contributed by atoms with Gasteiger partial charge < -0.3 is 10.7 Å². The van der Waals surface area contributed by atoms with E-state index in [2.05, 4.69) is 26.0 Å². The van der Waals surface area contributed by atoms with Gasteiger partial charge in [-0.2, -0.15) is 0 Å². The van der Waals surface area contributed by atoms with Crippen molar-refractivity contribution in [2.75, 3.05) is 0 Å². The van der Waals surface area contributed by atoms with Crippen LogP contribution >= 0.6 is 11.6 Å². The summed E-state index contributed by atoms with van der Waals surface area (Å²) < 4.78 is 28.6. The molecule has 170 valence electrons. The van der Waals surface area contributed by atoms with E-state index in [-0.39, 0.29) is 16.9 Å². The number of benzene rings is 1. The number of halogens is 3. The number of nitrogens with two attached hydrogens (primary N) is 1. The molecule has 3 aromatic rings. The fourth-order valence-corrected chi connectivity index (χ4v) is 5.09. The van der Waals surface area contributed by atoms with Crippen molar-refractivity contribution in [1.82, 2.24) is 15.0 Å². The molecule has 2 atom stereocenters. The molecule has 3 heterocycles. The molecule has 0 saturated carbocycles. The van der Waals surface area contributed by atoms with Gasteiger partial charge in [-0.05, 0) is 67.9 Å². The van der Waals surface area contributed by atoms with Gasteiger partial charge in [0.15, 0.2) is 11.6 Å². The van der Waals surface area contributed by atoms with Crippen LogP contribution in [0.3, 0.4) is 0 Å². The number of fused-ring (bicyclic) bond motifs is 3. The third kappa shape index (κ3) is 4.29. The number of H-pyrrole nitrogens is 1. The number of aromatic amines is 1. The number of allylic oxidation sites excluding steroid dienone is 3. The topological polar surface area (TPSA) is 80.0 Å². The summed E-state index contributed by atoms with van der Waals surface area (Å²) >= 11 is 6.14. The lowest BCUT2D eigenvalue weighted by Gasteiger charge is -2.26. The smallest absolute Gasteiger partial charge is 0.159 e. The monoisotopic (exact) mass is 467 g/mol. The molecule has 2 aromatic heterocycles. The van der Waals surface area contributed by atoms with Gasteiger partial charge in [-0.3, -0.25) is 0 Å². The minimum absolute atomic E-state index is 0.0246. The molecule has 0 saturated heterocycles. The third-order valence-corrected chi connectivity index (χ3v) is 6.85. The molecule has 0 fully saturated rings. The molecule has 3 N–H and O–H groups in total. The van der Waals surface area contributed by atoms with Crippen LogP contribution in [0.4, 0.5) is 8.78 Å². The second kappa shape index (κ2) is 9.06. The second-order valence-corrected chi connectivity index (χ2v) is 9.00. The molecule has 2 unspecified atom stereocenters. The number of hydrogen-bond acceptors (Lipinski definition) is 4. The Kier molecular flexibility index (Phi) is 5.98. The molecule has 33 heavy (non-hydrogen) atoms. The van der Waals surface area contributed by atoms with Crippen molar-refractivity contribution in [2.45, 2.75) is 50.4 Å². The first-order chi connectivity index (χ1) is 16.0. The van der Waals surface area contributed by atoms with Gasteiger partial charge in [0, 0.05) is 34.6 Å². The Hall–Kier alpha value is -3.06. The number of aromatic nitrogens is 3. The quantitative estimate of drug-likeness (QED) is 0.479. The summed E-state index contributed by atoms with van der Waals surface area (Å²) in [5.41, 5.74) is 9.66. The van der Waals surface area contributed by atoms with E-state index in [1.54, 1.807) is 6.07 Å². The highest BCUT2D eigenvalue weighted by atomic mass is 35.5. The minimum Gasteiger partial charge on any atom is -0.384 e. The normalized spacial score (nSPS) is 23.0. The average molecular weight is 468 g/mol. The number of nitrogens with one attached hydrogen (secondary N) is 1. The van der Waals surface area contributed by atoms with Gasteiger partial charge in [-0.25, -0.2) is 23.7 Å². The zero-order valence-corrected chi connectivity index (χ0v) is 18.7. The molecular formula is C25H24ClF2N5. The van der Waals surface area contributed by atoms with Crippen molar-refractivity contribution in [2.24, 2.45) is 10.7 Å². The van der Waals surface area contributed by atoms with Crippen LogP contribution in [-0.2, 0) is 6.42 Å². The number of nitrogens with zero attached hydrogens (tertiary/aromatic N) is 3. The SMILES string of the molecule is NC1=CCC/C=C(\C2CCC(c3ncc(F)cn3)CCc3c2[nH]c2ccc(Cl)c(F)c32)C=N1. The van der Waals surface area contributed by atoms with Crippen LogP contribution in [0.25, 0.3) is 10.9 Å². The molecule has 5 nitrogen and oxygen atoms in total. The number of rotatable bonds is 2. The van der Waals surface area contributed by atoms with Gasteiger partial charge in [0.05, 0.1) is 17.4 Å². The molecule has 1 aromatic carbocycles. The summed E-state index contributed by atoms with van der Waals surface area (Å²) in [6, 6.07) is 3.40. The summed E-state index contributed by atoms with van der Waals surface area (Å²) in [4.78, 5) is 16.4. The standard InChI is InChI=1S/C25H24ClF2N5/c26-19-9-10-20-22(23(19)28)18-8-6-14(25-31-12-16(27)13-32-25)5-7-17(24(18)33-20)15-3-1-2-4-21(29)30-11-15/h3-4,9-14,17,33H,1-2,5-8,29H2/b15-3-,21-4?,30-11?. The Morgan fingerprint density at radius 1 is 1.03 bits per heavy atom. The maximum Gasteiger partial charge on any atom is 0.159 e. The summed E-state index contributed by atoms with van der Waals surface area (Å²) in [5.74, 6) is 0.254. The first kappa shape index (κ1) is 21.8. The van der Waals surface area contributed by atoms with E-state index >= 15 is 4.39 Å². The van der Waals surface area contributed by atoms with Gasteiger partial charge in [-0.1, -0.05) is 17.7 Å². The highest BCUT2D eigenvalue weighted by Crippen LogP contribution is 2.42. The Balaban J connectivity index is 1.62. The van der Waals surface area contributed by atoms with E-state index in [4.69, 9.17) is 17.3 Å². The lowest BCUT2D eigenvalue weighted by molar-refractivity contribution is 0.486. The average Bonchev–Trinajstić information content (AvgIpc) is 3.14. The van der Waals surface area contributed by atoms with E-state index < -0.39 is 11.6 Å². The van der Waals surface area contributed by atoms with Crippen LogP contribution in [0.1, 0.15) is 61.0 Å². The van der Waals surface area contributed by atoms with E-state index in [0.717, 1.165) is 54.5 Å². The van der Waals surface area contributed by atoms with Crippen LogP contribution in [0.15, 0.2) is 53.1 Å². The number of hydrogen-bond donors (Lipinski definition) is 2. The lowest BCUT2D eigenvalue weighted by atomic mass is 9.80. The molecule has 1 aliphatic carbocycles. The van der Waals surface area contributed by atoms with E-state index in [9.17, 15) is 4.39 Å². The molecule has 8 heteroatoms. The predicted octanol–water partition coefficient (Wildman–Crippen LogP) is 6.07.